The predicted octanol–water partition coefficient (Wildman–Crippen LogP) is 5.51. The first kappa shape index (κ1) is 23.6. The minimum absolute atomic E-state index is 0.0395. The van der Waals surface area contributed by atoms with E-state index in [2.05, 4.69) is 10.1 Å². The van der Waals surface area contributed by atoms with Gasteiger partial charge in [0.15, 0.2) is 5.82 Å². The number of benzene rings is 3. The van der Waals surface area contributed by atoms with Crippen LogP contribution in [-0.2, 0) is 10.0 Å². The number of nitrogens with one attached hydrogen (secondary N) is 1. The van der Waals surface area contributed by atoms with Gasteiger partial charge in [-0.1, -0.05) is 28.9 Å². The molecule has 5 aromatic rings. The van der Waals surface area contributed by atoms with Crippen molar-refractivity contribution in [2.24, 2.45) is 0 Å². The molecule has 0 bridgehead atoms. The molecular weight excluding hydrogens is 509 g/mol. The number of aromatic nitrogens is 2. The summed E-state index contributed by atoms with van der Waals surface area (Å²) in [5.74, 6) is -0.379. The Hall–Kier alpha value is -4.15. The molecule has 3 aromatic carbocycles. The Morgan fingerprint density at radius 2 is 1.89 bits per heavy atom. The number of rotatable bonds is 6. The van der Waals surface area contributed by atoms with Gasteiger partial charge in [0.25, 0.3) is 10.0 Å². The van der Waals surface area contributed by atoms with Gasteiger partial charge in [0.2, 0.25) is 5.56 Å². The van der Waals surface area contributed by atoms with Crippen LogP contribution in [-0.4, -0.2) is 25.7 Å². The zero-order valence-electron chi connectivity index (χ0n) is 18.6. The quantitative estimate of drug-likeness (QED) is 0.313. The van der Waals surface area contributed by atoms with Gasteiger partial charge in [-0.3, -0.25) is 4.79 Å². The summed E-state index contributed by atoms with van der Waals surface area (Å²) in [5.41, 5.74) is 1.07. The number of hydrogen-bond acceptors (Lipinski definition) is 6. The number of nitrogens with zero attached hydrogens (tertiary/aromatic N) is 2. The molecule has 182 valence electrons. The van der Waals surface area contributed by atoms with Crippen LogP contribution in [0.25, 0.3) is 22.0 Å². The predicted molar refractivity (Wildman–Crippen MR) is 134 cm³/mol. The Morgan fingerprint density at radius 3 is 2.61 bits per heavy atom. The average molecular weight is 526 g/mol. The number of pyridine rings is 1. The number of anilines is 2. The van der Waals surface area contributed by atoms with E-state index in [1.165, 1.54) is 80.1 Å². The summed E-state index contributed by atoms with van der Waals surface area (Å²) >= 11 is 6.47. The van der Waals surface area contributed by atoms with E-state index in [0.29, 0.717) is 22.0 Å². The lowest BCUT2D eigenvalue weighted by atomic mass is 10.0. The molecule has 0 saturated carbocycles. The third kappa shape index (κ3) is 4.21. The highest BCUT2D eigenvalue weighted by Crippen LogP contribution is 2.43. The Labute approximate surface area is 209 Å². The normalized spacial score (nSPS) is 11.5. The first-order chi connectivity index (χ1) is 17.3. The van der Waals surface area contributed by atoms with Crippen molar-refractivity contribution in [3.63, 3.8) is 0 Å². The second-order valence-electron chi connectivity index (χ2n) is 7.71. The van der Waals surface area contributed by atoms with Crippen LogP contribution in [0.5, 0.6) is 5.75 Å². The largest absolute Gasteiger partial charge is 0.494 e. The van der Waals surface area contributed by atoms with Crippen LogP contribution in [0.15, 0.2) is 93.3 Å². The number of sulfonamides is 1. The van der Waals surface area contributed by atoms with Crippen molar-refractivity contribution in [1.82, 2.24) is 10.1 Å². The molecule has 0 saturated heterocycles. The minimum Gasteiger partial charge on any atom is -0.494 e. The summed E-state index contributed by atoms with van der Waals surface area (Å²) in [6.45, 7) is 0. The number of fused-ring (bicyclic) bond motifs is 1. The number of methoxy groups -OCH3 is 1. The summed E-state index contributed by atoms with van der Waals surface area (Å²) in [5, 5.41) is 4.59. The van der Waals surface area contributed by atoms with Gasteiger partial charge in [0, 0.05) is 29.3 Å². The molecule has 2 aromatic heterocycles. The first-order valence-corrected chi connectivity index (χ1v) is 12.3. The number of aromatic amines is 1. The molecule has 0 atom stereocenters. The molecule has 0 fully saturated rings. The monoisotopic (exact) mass is 525 g/mol. The highest BCUT2D eigenvalue weighted by atomic mass is 35.5. The summed E-state index contributed by atoms with van der Waals surface area (Å²) in [4.78, 5) is 14.2. The van der Waals surface area contributed by atoms with E-state index < -0.39 is 15.8 Å². The molecule has 0 aliphatic carbocycles. The maximum atomic E-state index is 14.0. The van der Waals surface area contributed by atoms with Crippen molar-refractivity contribution in [3.8, 4) is 16.9 Å². The highest BCUT2D eigenvalue weighted by molar-refractivity contribution is 7.93. The van der Waals surface area contributed by atoms with Crippen LogP contribution >= 0.6 is 11.6 Å². The van der Waals surface area contributed by atoms with E-state index in [-0.39, 0.29) is 32.7 Å². The zero-order valence-corrected chi connectivity index (χ0v) is 20.2. The third-order valence-corrected chi connectivity index (χ3v) is 7.52. The Balaban J connectivity index is 1.75. The van der Waals surface area contributed by atoms with Gasteiger partial charge in [-0.25, -0.2) is 17.1 Å². The van der Waals surface area contributed by atoms with Crippen LogP contribution < -0.4 is 14.6 Å². The van der Waals surface area contributed by atoms with E-state index >= 15 is 0 Å². The van der Waals surface area contributed by atoms with Gasteiger partial charge in [-0.15, -0.1) is 0 Å². The summed E-state index contributed by atoms with van der Waals surface area (Å²) in [7, 11) is -2.94. The van der Waals surface area contributed by atoms with Crippen LogP contribution in [0.4, 0.5) is 15.9 Å². The van der Waals surface area contributed by atoms with Crippen molar-refractivity contribution in [3.05, 3.63) is 100 Å². The maximum absolute atomic E-state index is 14.0. The minimum atomic E-state index is -4.31. The molecule has 0 aliphatic heterocycles. The molecule has 2 heterocycles. The third-order valence-electron chi connectivity index (χ3n) is 5.49. The average Bonchev–Trinajstić information content (AvgIpc) is 3.38. The second-order valence-corrected chi connectivity index (χ2v) is 9.91. The second kappa shape index (κ2) is 9.14. The molecule has 0 spiro atoms. The van der Waals surface area contributed by atoms with Crippen molar-refractivity contribution < 1.29 is 22.1 Å². The van der Waals surface area contributed by atoms with Crippen molar-refractivity contribution in [1.29, 1.82) is 0 Å². The molecule has 1 N–H and O–H groups in total. The summed E-state index contributed by atoms with van der Waals surface area (Å²) < 4.78 is 53.4. The van der Waals surface area contributed by atoms with E-state index in [4.69, 9.17) is 20.9 Å². The fourth-order valence-electron chi connectivity index (χ4n) is 3.83. The molecule has 5 rings (SSSR count). The molecule has 0 aliphatic rings. The Kier molecular flexibility index (Phi) is 5.99. The van der Waals surface area contributed by atoms with E-state index in [1.807, 2.05) is 0 Å². The fourth-order valence-corrected chi connectivity index (χ4v) is 5.56. The summed E-state index contributed by atoms with van der Waals surface area (Å²) in [6.07, 6.45) is 1.23. The first-order valence-electron chi connectivity index (χ1n) is 10.5. The molecular formula is C25H17ClFN3O5S. The van der Waals surface area contributed by atoms with E-state index in [1.54, 1.807) is 6.07 Å². The van der Waals surface area contributed by atoms with Gasteiger partial charge in [-0.05, 0) is 53.4 Å². The van der Waals surface area contributed by atoms with Crippen molar-refractivity contribution in [2.75, 3.05) is 11.4 Å². The van der Waals surface area contributed by atoms with Crippen LogP contribution in [0, 0.1) is 5.82 Å². The van der Waals surface area contributed by atoms with E-state index in [0.717, 1.165) is 4.31 Å². The zero-order chi connectivity index (χ0) is 25.4. The number of hydrogen-bond donors (Lipinski definition) is 1. The van der Waals surface area contributed by atoms with E-state index in [9.17, 15) is 17.6 Å². The summed E-state index contributed by atoms with van der Waals surface area (Å²) in [6, 6.07) is 17.2. The molecule has 8 nitrogen and oxygen atoms in total. The maximum Gasteiger partial charge on any atom is 0.270 e. The number of halogens is 2. The number of H-pyrrole nitrogens is 1. The molecule has 36 heavy (non-hydrogen) atoms. The van der Waals surface area contributed by atoms with Gasteiger partial charge in [0.1, 0.15) is 23.5 Å². The van der Waals surface area contributed by atoms with Crippen LogP contribution in [0.1, 0.15) is 0 Å². The lowest BCUT2D eigenvalue weighted by Gasteiger charge is -2.25. The Morgan fingerprint density at radius 1 is 1.06 bits per heavy atom. The van der Waals surface area contributed by atoms with Crippen molar-refractivity contribution >= 4 is 44.0 Å². The molecule has 0 amide bonds. The van der Waals surface area contributed by atoms with Gasteiger partial charge >= 0.3 is 0 Å². The fraction of sp³-hybridized carbons (Fsp3) is 0.0400. The Bertz CT molecular complexity index is 1750. The lowest BCUT2D eigenvalue weighted by Crippen LogP contribution is -2.27. The standard InChI is InChI=1S/C25H17ClFN3O5S/c1-34-23-14-20(26)19(15-3-2-4-17(27)11-15)13-22(23)30(24-9-10-35-29-24)36(32,33)18-6-7-21-16(12-18)5-8-25(31)28-21/h2-14H,1H3,(H,28,31). The van der Waals surface area contributed by atoms with Crippen LogP contribution in [0.3, 0.4) is 0 Å². The highest BCUT2D eigenvalue weighted by Gasteiger charge is 2.32. The lowest BCUT2D eigenvalue weighted by molar-refractivity contribution is 0.414. The molecule has 11 heteroatoms. The number of ether oxygens (including phenoxy) is 1. The van der Waals surface area contributed by atoms with Gasteiger partial charge in [-0.2, -0.15) is 0 Å². The van der Waals surface area contributed by atoms with Crippen LogP contribution in [0.2, 0.25) is 5.02 Å². The SMILES string of the molecule is COc1cc(Cl)c(-c2cccc(F)c2)cc1N(c1ccon1)S(=O)(=O)c1ccc2[nH]c(=O)ccc2c1. The molecule has 0 radical (unpaired) electrons. The van der Waals surface area contributed by atoms with Gasteiger partial charge < -0.3 is 14.2 Å². The topological polar surface area (TPSA) is 106 Å². The van der Waals surface area contributed by atoms with Crippen molar-refractivity contribution in [2.45, 2.75) is 4.90 Å². The van der Waals surface area contributed by atoms with Gasteiger partial charge in [0.05, 0.1) is 17.0 Å². The molecule has 0 unspecified atom stereocenters. The smallest absolute Gasteiger partial charge is 0.270 e.